The summed E-state index contributed by atoms with van der Waals surface area (Å²) < 4.78 is 0. The van der Waals surface area contributed by atoms with Crippen molar-refractivity contribution in [3.05, 3.63) is 31.7 Å². The fourth-order valence-electron chi connectivity index (χ4n) is 2.13. The van der Waals surface area contributed by atoms with E-state index in [1.165, 1.54) is 14.8 Å². The molecule has 0 atom stereocenters. The molecule has 0 fully saturated rings. The van der Waals surface area contributed by atoms with Crippen molar-refractivity contribution in [3.8, 4) is 0 Å². The van der Waals surface area contributed by atoms with Gasteiger partial charge in [-0.25, -0.2) is 15.0 Å². The Hall–Kier alpha value is -0.740. The van der Waals surface area contributed by atoms with Gasteiger partial charge in [0.25, 0.3) is 0 Å². The number of aromatic nitrogens is 2. The Balaban J connectivity index is 0.00000288. The van der Waals surface area contributed by atoms with Crippen molar-refractivity contribution in [3.63, 3.8) is 0 Å². The van der Waals surface area contributed by atoms with Gasteiger partial charge >= 0.3 is 0 Å². The molecule has 5 nitrogen and oxygen atoms in total. The summed E-state index contributed by atoms with van der Waals surface area (Å²) in [6.07, 6.45) is 3.96. The molecule has 2 N–H and O–H groups in total. The SMILES string of the molecule is CCNC(=NCc1sc(C)nc1C)NCCc1ncc(CC)s1.I. The lowest BCUT2D eigenvalue weighted by Crippen LogP contribution is -2.38. The highest BCUT2D eigenvalue weighted by atomic mass is 127. The van der Waals surface area contributed by atoms with Crippen LogP contribution in [0.15, 0.2) is 11.2 Å². The molecule has 2 aromatic heterocycles. The number of hydrogen-bond acceptors (Lipinski definition) is 5. The molecule has 2 heterocycles. The lowest BCUT2D eigenvalue weighted by Gasteiger charge is -2.10. The van der Waals surface area contributed by atoms with Gasteiger partial charge in [0, 0.05) is 35.5 Å². The van der Waals surface area contributed by atoms with Gasteiger partial charge in [-0.1, -0.05) is 6.92 Å². The van der Waals surface area contributed by atoms with Crippen LogP contribution in [0.1, 0.15) is 39.3 Å². The van der Waals surface area contributed by atoms with Gasteiger partial charge in [-0.3, -0.25) is 0 Å². The van der Waals surface area contributed by atoms with Gasteiger partial charge < -0.3 is 10.6 Å². The Morgan fingerprint density at radius 3 is 2.58 bits per heavy atom. The number of guanidine groups is 1. The standard InChI is InChI=1S/C16H25N5S2.HI/c1-5-13-9-19-15(23-13)7-8-18-16(17-6-2)20-10-14-11(3)21-12(4)22-14;/h9H,5-8,10H2,1-4H3,(H2,17,18,20);1H. The molecule has 0 spiro atoms. The molecule has 2 rings (SSSR count). The van der Waals surface area contributed by atoms with Gasteiger partial charge in [-0.2, -0.15) is 0 Å². The summed E-state index contributed by atoms with van der Waals surface area (Å²) >= 11 is 3.51. The average Bonchev–Trinajstić information content (AvgIpc) is 3.11. The molecule has 0 saturated carbocycles. The largest absolute Gasteiger partial charge is 0.357 e. The highest BCUT2D eigenvalue weighted by Crippen LogP contribution is 2.17. The number of aliphatic imine (C=N–C) groups is 1. The second-order valence-corrected chi connectivity index (χ2v) is 7.67. The van der Waals surface area contributed by atoms with Crippen LogP contribution in [0.25, 0.3) is 0 Å². The van der Waals surface area contributed by atoms with E-state index >= 15 is 0 Å². The molecule has 134 valence electrons. The fraction of sp³-hybridized carbons (Fsp3) is 0.562. The first kappa shape index (κ1) is 21.3. The summed E-state index contributed by atoms with van der Waals surface area (Å²) in [4.78, 5) is 16.1. The third-order valence-corrected chi connectivity index (χ3v) is 5.56. The van der Waals surface area contributed by atoms with Crippen LogP contribution in [0.4, 0.5) is 0 Å². The van der Waals surface area contributed by atoms with E-state index in [-0.39, 0.29) is 24.0 Å². The predicted molar refractivity (Wildman–Crippen MR) is 115 cm³/mol. The Morgan fingerprint density at radius 1 is 1.21 bits per heavy atom. The maximum Gasteiger partial charge on any atom is 0.191 e. The minimum Gasteiger partial charge on any atom is -0.357 e. The molecule has 0 bridgehead atoms. The molecule has 2 aromatic rings. The van der Waals surface area contributed by atoms with Crippen LogP contribution in [0.5, 0.6) is 0 Å². The van der Waals surface area contributed by atoms with E-state index < -0.39 is 0 Å². The first-order valence-electron chi connectivity index (χ1n) is 8.01. The minimum atomic E-state index is 0. The molecule has 0 aromatic carbocycles. The Kier molecular flexibility index (Phi) is 9.75. The smallest absolute Gasteiger partial charge is 0.191 e. The van der Waals surface area contributed by atoms with Gasteiger partial charge in [0.05, 0.1) is 22.3 Å². The number of halogens is 1. The van der Waals surface area contributed by atoms with E-state index in [1.54, 1.807) is 22.7 Å². The van der Waals surface area contributed by atoms with Crippen molar-refractivity contribution < 1.29 is 0 Å². The Bertz CT molecular complexity index is 651. The van der Waals surface area contributed by atoms with Crippen molar-refractivity contribution >= 4 is 52.6 Å². The second-order valence-electron chi connectivity index (χ2n) is 5.19. The van der Waals surface area contributed by atoms with Crippen LogP contribution in [0.2, 0.25) is 0 Å². The van der Waals surface area contributed by atoms with E-state index in [0.717, 1.165) is 42.6 Å². The summed E-state index contributed by atoms with van der Waals surface area (Å²) in [5.74, 6) is 0.852. The van der Waals surface area contributed by atoms with E-state index in [2.05, 4.69) is 39.4 Å². The van der Waals surface area contributed by atoms with Gasteiger partial charge in [-0.05, 0) is 27.2 Å². The number of rotatable bonds is 7. The Morgan fingerprint density at radius 2 is 2.00 bits per heavy atom. The number of thiazole rings is 2. The van der Waals surface area contributed by atoms with Gasteiger partial charge in [0.2, 0.25) is 0 Å². The molecule has 24 heavy (non-hydrogen) atoms. The lowest BCUT2D eigenvalue weighted by atomic mass is 10.4. The van der Waals surface area contributed by atoms with Crippen LogP contribution in [0.3, 0.4) is 0 Å². The molecule has 0 radical (unpaired) electrons. The van der Waals surface area contributed by atoms with Crippen LogP contribution in [-0.4, -0.2) is 29.0 Å². The van der Waals surface area contributed by atoms with Crippen LogP contribution >= 0.6 is 46.7 Å². The lowest BCUT2D eigenvalue weighted by molar-refractivity contribution is 0.797. The van der Waals surface area contributed by atoms with E-state index in [0.29, 0.717) is 6.54 Å². The van der Waals surface area contributed by atoms with Crippen molar-refractivity contribution in [1.29, 1.82) is 0 Å². The average molecular weight is 479 g/mol. The molecule has 0 amide bonds. The van der Waals surface area contributed by atoms with Crippen molar-refractivity contribution in [1.82, 2.24) is 20.6 Å². The first-order valence-corrected chi connectivity index (χ1v) is 9.64. The zero-order chi connectivity index (χ0) is 16.7. The highest BCUT2D eigenvalue weighted by Gasteiger charge is 2.05. The summed E-state index contributed by atoms with van der Waals surface area (Å²) in [7, 11) is 0. The third kappa shape index (κ3) is 6.64. The highest BCUT2D eigenvalue weighted by molar-refractivity contribution is 14.0. The van der Waals surface area contributed by atoms with E-state index in [1.807, 2.05) is 20.0 Å². The van der Waals surface area contributed by atoms with Crippen LogP contribution in [0, 0.1) is 13.8 Å². The zero-order valence-corrected chi connectivity index (χ0v) is 18.6. The number of aryl methyl sites for hydroxylation is 3. The minimum absolute atomic E-state index is 0. The van der Waals surface area contributed by atoms with Crippen molar-refractivity contribution in [2.24, 2.45) is 4.99 Å². The van der Waals surface area contributed by atoms with Gasteiger partial charge in [0.15, 0.2) is 5.96 Å². The maximum atomic E-state index is 4.66. The second kappa shape index (κ2) is 11.0. The van der Waals surface area contributed by atoms with E-state index in [4.69, 9.17) is 0 Å². The third-order valence-electron chi connectivity index (χ3n) is 3.31. The van der Waals surface area contributed by atoms with Gasteiger partial charge in [0.1, 0.15) is 0 Å². The summed E-state index contributed by atoms with van der Waals surface area (Å²) in [6.45, 7) is 10.7. The number of nitrogens with zero attached hydrogens (tertiary/aromatic N) is 3. The number of nitrogens with one attached hydrogen (secondary N) is 2. The topological polar surface area (TPSA) is 62.2 Å². The molecule has 0 saturated heterocycles. The fourth-order valence-corrected chi connectivity index (χ4v) is 3.85. The van der Waals surface area contributed by atoms with Gasteiger partial charge in [-0.15, -0.1) is 46.7 Å². The molecule has 0 aliphatic carbocycles. The van der Waals surface area contributed by atoms with Crippen LogP contribution < -0.4 is 10.6 Å². The summed E-state index contributed by atoms with van der Waals surface area (Å²) in [6, 6.07) is 0. The molecular formula is C16H26IN5S2. The predicted octanol–water partition coefficient (Wildman–Crippen LogP) is 3.69. The van der Waals surface area contributed by atoms with Crippen LogP contribution in [-0.2, 0) is 19.4 Å². The molecule has 0 aliphatic rings. The Labute approximate surface area is 169 Å². The maximum absolute atomic E-state index is 4.66. The summed E-state index contributed by atoms with van der Waals surface area (Å²) in [5, 5.41) is 8.95. The normalized spacial score (nSPS) is 11.2. The molecule has 0 unspecified atom stereocenters. The summed E-state index contributed by atoms with van der Waals surface area (Å²) in [5.41, 5.74) is 1.09. The van der Waals surface area contributed by atoms with Crippen molar-refractivity contribution in [2.45, 2.75) is 47.1 Å². The number of hydrogen-bond donors (Lipinski definition) is 2. The first-order chi connectivity index (χ1) is 11.1. The monoisotopic (exact) mass is 479 g/mol. The zero-order valence-electron chi connectivity index (χ0n) is 14.7. The molecular weight excluding hydrogens is 453 g/mol. The molecule has 8 heteroatoms. The van der Waals surface area contributed by atoms with Crippen molar-refractivity contribution in [2.75, 3.05) is 13.1 Å². The quantitative estimate of drug-likeness (QED) is 0.361. The van der Waals surface area contributed by atoms with E-state index in [9.17, 15) is 0 Å². The molecule has 0 aliphatic heterocycles.